The second-order valence-electron chi connectivity index (χ2n) is 9.80. The van der Waals surface area contributed by atoms with Crippen molar-refractivity contribution >= 4 is 27.7 Å². The molecule has 38 heavy (non-hydrogen) atoms. The predicted molar refractivity (Wildman–Crippen MR) is 144 cm³/mol. The first kappa shape index (κ1) is 25.9. The minimum Gasteiger partial charge on any atom is -0.384 e. The second kappa shape index (κ2) is 10.9. The van der Waals surface area contributed by atoms with Crippen molar-refractivity contribution in [1.29, 1.82) is 0 Å². The lowest BCUT2D eigenvalue weighted by atomic mass is 9.93. The maximum absolute atomic E-state index is 13.6. The van der Waals surface area contributed by atoms with E-state index in [1.807, 2.05) is 60.7 Å². The lowest BCUT2D eigenvalue weighted by Crippen LogP contribution is -2.60. The van der Waals surface area contributed by atoms with Crippen LogP contribution in [0.1, 0.15) is 35.4 Å². The van der Waals surface area contributed by atoms with E-state index in [0.29, 0.717) is 18.7 Å². The number of hydrogen-bond donors (Lipinski definition) is 2. The Morgan fingerprint density at radius 3 is 2.26 bits per heavy atom. The van der Waals surface area contributed by atoms with Gasteiger partial charge in [-0.05, 0) is 35.6 Å². The third-order valence-electron chi connectivity index (χ3n) is 7.31. The molecule has 2 aliphatic heterocycles. The molecule has 5 rings (SSSR count). The quantitative estimate of drug-likeness (QED) is 0.457. The van der Waals surface area contributed by atoms with Gasteiger partial charge in [-0.25, -0.2) is 13.4 Å². The average Bonchev–Trinajstić information content (AvgIpc) is 3.37. The average molecular weight is 534 g/mol. The van der Waals surface area contributed by atoms with Gasteiger partial charge in [0.25, 0.3) is 0 Å². The zero-order valence-electron chi connectivity index (χ0n) is 20.9. The fourth-order valence-electron chi connectivity index (χ4n) is 5.36. The van der Waals surface area contributed by atoms with Gasteiger partial charge in [-0.1, -0.05) is 66.7 Å². The third-order valence-corrected chi connectivity index (χ3v) is 9.13. The first-order chi connectivity index (χ1) is 18.3. The molecule has 2 atom stereocenters. The van der Waals surface area contributed by atoms with Crippen molar-refractivity contribution in [3.05, 3.63) is 95.7 Å². The lowest BCUT2D eigenvalue weighted by molar-refractivity contribution is -0.143. The Bertz CT molecular complexity index is 1340. The van der Waals surface area contributed by atoms with E-state index in [-0.39, 0.29) is 49.2 Å². The van der Waals surface area contributed by atoms with Gasteiger partial charge in [0.2, 0.25) is 21.8 Å². The van der Waals surface area contributed by atoms with Crippen molar-refractivity contribution in [2.75, 3.05) is 24.6 Å². The van der Waals surface area contributed by atoms with Crippen LogP contribution >= 0.6 is 0 Å². The fourth-order valence-corrected chi connectivity index (χ4v) is 7.08. The summed E-state index contributed by atoms with van der Waals surface area (Å²) in [6.45, 7) is 0.201. The number of piperazine rings is 1. The molecule has 0 unspecified atom stereocenters. The maximum Gasteiger partial charge on any atom is 0.243 e. The van der Waals surface area contributed by atoms with Crippen molar-refractivity contribution < 1.29 is 18.0 Å². The van der Waals surface area contributed by atoms with Crippen LogP contribution in [0.3, 0.4) is 0 Å². The number of nitrogens with two attached hydrogens (primary N) is 1. The van der Waals surface area contributed by atoms with Gasteiger partial charge in [-0.15, -0.1) is 0 Å². The molecular formula is C28H31N5O4S. The van der Waals surface area contributed by atoms with Gasteiger partial charge in [0, 0.05) is 31.2 Å². The number of fused-ring (bicyclic) bond motifs is 1. The van der Waals surface area contributed by atoms with Gasteiger partial charge >= 0.3 is 0 Å². The summed E-state index contributed by atoms with van der Waals surface area (Å²) in [5.41, 5.74) is 8.22. The monoisotopic (exact) mass is 533 g/mol. The summed E-state index contributed by atoms with van der Waals surface area (Å²) in [5, 5.41) is 2.87. The predicted octanol–water partition coefficient (Wildman–Crippen LogP) is 2.12. The Morgan fingerprint density at radius 1 is 1.00 bits per heavy atom. The standard InChI is InChI=1S/C28H31N5O4S/c29-26-14-11-20(15-30-26)16-31-28(35)25-13-12-23-17-32(18-27(34)33(23)25)38(36,37)19-24(21-7-3-1-4-8-21)22-9-5-2-6-10-22/h1-11,14-15,23-25H,12-13,16-19H2,(H2,29,30)(H,31,35)/t23-,25-/m0/s1. The zero-order chi connectivity index (χ0) is 26.7. The van der Waals surface area contributed by atoms with E-state index in [4.69, 9.17) is 5.73 Å². The molecule has 0 saturated carbocycles. The Kier molecular flexibility index (Phi) is 7.44. The molecule has 9 nitrogen and oxygen atoms in total. The number of aromatic nitrogens is 1. The summed E-state index contributed by atoms with van der Waals surface area (Å²) in [6, 6.07) is 21.6. The van der Waals surface area contributed by atoms with Gasteiger partial charge in [-0.3, -0.25) is 9.59 Å². The third kappa shape index (κ3) is 5.56. The number of pyridine rings is 1. The first-order valence-electron chi connectivity index (χ1n) is 12.7. The molecule has 0 bridgehead atoms. The Morgan fingerprint density at radius 2 is 1.66 bits per heavy atom. The summed E-state index contributed by atoms with van der Waals surface area (Å²) < 4.78 is 28.6. The number of nitrogens with zero attached hydrogens (tertiary/aromatic N) is 3. The highest BCUT2D eigenvalue weighted by atomic mass is 32.2. The number of nitrogen functional groups attached to an aromatic ring is 1. The number of anilines is 1. The SMILES string of the molecule is Nc1ccc(CNC(=O)[C@@H]2CC[C@H]3CN(S(=O)(=O)CC(c4ccccc4)c4ccccc4)CC(=O)N32)cn1. The smallest absolute Gasteiger partial charge is 0.243 e. The largest absolute Gasteiger partial charge is 0.384 e. The molecule has 2 amide bonds. The van der Waals surface area contributed by atoms with Crippen LogP contribution in [0, 0.1) is 0 Å². The van der Waals surface area contributed by atoms with Crippen LogP contribution in [0.4, 0.5) is 5.82 Å². The molecule has 2 fully saturated rings. The van der Waals surface area contributed by atoms with Crippen molar-refractivity contribution in [1.82, 2.24) is 19.5 Å². The lowest BCUT2D eigenvalue weighted by Gasteiger charge is -2.39. The second-order valence-corrected chi connectivity index (χ2v) is 11.8. The van der Waals surface area contributed by atoms with Crippen LogP contribution < -0.4 is 11.1 Å². The molecule has 0 radical (unpaired) electrons. The van der Waals surface area contributed by atoms with Crippen molar-refractivity contribution in [3.63, 3.8) is 0 Å². The van der Waals surface area contributed by atoms with E-state index in [1.54, 1.807) is 23.2 Å². The minimum absolute atomic E-state index is 0.138. The van der Waals surface area contributed by atoms with E-state index in [1.165, 1.54) is 4.31 Å². The van der Waals surface area contributed by atoms with E-state index in [2.05, 4.69) is 10.3 Å². The highest BCUT2D eigenvalue weighted by Crippen LogP contribution is 2.32. The number of carbonyl (C=O) groups is 2. The van der Waals surface area contributed by atoms with Crippen LogP contribution in [-0.2, 0) is 26.2 Å². The van der Waals surface area contributed by atoms with Crippen LogP contribution in [0.25, 0.3) is 0 Å². The Hall–Kier alpha value is -3.76. The Balaban J connectivity index is 1.27. The van der Waals surface area contributed by atoms with Crippen LogP contribution in [0.2, 0.25) is 0 Å². The number of amides is 2. The van der Waals surface area contributed by atoms with E-state index in [0.717, 1.165) is 16.7 Å². The first-order valence-corrected chi connectivity index (χ1v) is 14.3. The molecular weight excluding hydrogens is 502 g/mol. The minimum atomic E-state index is -3.77. The fraction of sp³-hybridized carbons (Fsp3) is 0.321. The van der Waals surface area contributed by atoms with E-state index in [9.17, 15) is 18.0 Å². The number of carbonyl (C=O) groups excluding carboxylic acids is 2. The number of nitrogens with one attached hydrogen (secondary N) is 1. The summed E-state index contributed by atoms with van der Waals surface area (Å²) in [6.07, 6.45) is 2.66. The molecule has 2 aliphatic rings. The van der Waals surface area contributed by atoms with Gasteiger partial charge in [0.05, 0.1) is 12.3 Å². The number of benzene rings is 2. The highest BCUT2D eigenvalue weighted by Gasteiger charge is 2.47. The van der Waals surface area contributed by atoms with Gasteiger partial charge in [-0.2, -0.15) is 4.31 Å². The molecule has 3 N–H and O–H groups in total. The molecule has 2 aromatic carbocycles. The molecule has 3 aromatic rings. The summed E-state index contributed by atoms with van der Waals surface area (Å²) in [4.78, 5) is 31.7. The molecule has 0 aliphatic carbocycles. The number of rotatable bonds is 8. The summed E-state index contributed by atoms with van der Waals surface area (Å²) >= 11 is 0. The normalized spacial score (nSPS) is 19.9. The Labute approximate surface area is 222 Å². The van der Waals surface area contributed by atoms with E-state index >= 15 is 0 Å². The van der Waals surface area contributed by atoms with Gasteiger partial charge in [0.15, 0.2) is 0 Å². The van der Waals surface area contributed by atoms with Crippen molar-refractivity contribution in [2.24, 2.45) is 0 Å². The summed E-state index contributed by atoms with van der Waals surface area (Å²) in [7, 11) is -3.77. The summed E-state index contributed by atoms with van der Waals surface area (Å²) in [5.74, 6) is -0.688. The van der Waals surface area contributed by atoms with Crippen molar-refractivity contribution in [2.45, 2.75) is 37.4 Å². The molecule has 10 heteroatoms. The van der Waals surface area contributed by atoms with Gasteiger partial charge in [0.1, 0.15) is 11.9 Å². The molecule has 3 heterocycles. The molecule has 0 spiro atoms. The van der Waals surface area contributed by atoms with Crippen molar-refractivity contribution in [3.8, 4) is 0 Å². The van der Waals surface area contributed by atoms with Crippen LogP contribution in [0.5, 0.6) is 0 Å². The zero-order valence-corrected chi connectivity index (χ0v) is 21.8. The van der Waals surface area contributed by atoms with Gasteiger partial charge < -0.3 is 16.0 Å². The topological polar surface area (TPSA) is 126 Å². The highest BCUT2D eigenvalue weighted by molar-refractivity contribution is 7.89. The van der Waals surface area contributed by atoms with Crippen LogP contribution in [-0.4, -0.2) is 65.3 Å². The molecule has 1 aromatic heterocycles. The number of sulfonamides is 1. The number of hydrogen-bond acceptors (Lipinski definition) is 6. The molecule has 2 saturated heterocycles. The molecule has 198 valence electrons. The van der Waals surface area contributed by atoms with E-state index < -0.39 is 16.1 Å². The maximum atomic E-state index is 13.6. The van der Waals surface area contributed by atoms with Crippen LogP contribution in [0.15, 0.2) is 79.0 Å².